The molecule has 0 bridgehead atoms. The van der Waals surface area contributed by atoms with Crippen LogP contribution in [0, 0.1) is 0 Å². The van der Waals surface area contributed by atoms with Gasteiger partial charge < -0.3 is 10.3 Å². The number of anilines is 4. The van der Waals surface area contributed by atoms with E-state index in [0.29, 0.717) is 23.0 Å². The number of para-hydroxylation sites is 1. The Bertz CT molecular complexity index is 880. The molecule has 0 fully saturated rings. The molecule has 26 heavy (non-hydrogen) atoms. The zero-order valence-electron chi connectivity index (χ0n) is 15.1. The quantitative estimate of drug-likeness (QED) is 0.656. The highest BCUT2D eigenvalue weighted by Crippen LogP contribution is 2.28. The van der Waals surface area contributed by atoms with Gasteiger partial charge in [0.2, 0.25) is 0 Å². The molecule has 3 N–H and O–H groups in total. The normalized spacial score (nSPS) is 11.2. The topological polar surface area (TPSA) is 84.4 Å². The molecule has 0 aliphatic heterocycles. The van der Waals surface area contributed by atoms with Crippen molar-refractivity contribution in [3.05, 3.63) is 66.4 Å². The van der Waals surface area contributed by atoms with Crippen LogP contribution in [-0.4, -0.2) is 11.2 Å². The molecule has 0 saturated carbocycles. The Morgan fingerprint density at radius 3 is 2.23 bits per heavy atom. The number of nitrogens with zero attached hydrogens (tertiary/aromatic N) is 2. The second kappa shape index (κ2) is 6.92. The minimum atomic E-state index is -0.338. The molecular formula is C20H22N4O2. The van der Waals surface area contributed by atoms with E-state index in [4.69, 9.17) is 10.3 Å². The first-order valence-electron chi connectivity index (χ1n) is 8.33. The van der Waals surface area contributed by atoms with Crippen LogP contribution in [-0.2, 0) is 5.41 Å². The second-order valence-electron chi connectivity index (χ2n) is 7.02. The predicted molar refractivity (Wildman–Crippen MR) is 104 cm³/mol. The van der Waals surface area contributed by atoms with Crippen LogP contribution < -0.4 is 16.0 Å². The average Bonchev–Trinajstić information content (AvgIpc) is 3.07. The van der Waals surface area contributed by atoms with Gasteiger partial charge in [0.05, 0.1) is 11.4 Å². The summed E-state index contributed by atoms with van der Waals surface area (Å²) in [7, 11) is 0. The van der Waals surface area contributed by atoms with E-state index in [1.807, 2.05) is 51.1 Å². The number of amides is 2. The predicted octanol–water partition coefficient (Wildman–Crippen LogP) is 4.92. The summed E-state index contributed by atoms with van der Waals surface area (Å²) in [5.74, 6) is 1.07. The summed E-state index contributed by atoms with van der Waals surface area (Å²) in [6, 6.07) is 17.9. The molecule has 1 aromatic heterocycles. The fourth-order valence-corrected chi connectivity index (χ4v) is 2.44. The molecule has 1 heterocycles. The number of aromatic nitrogens is 1. The first kappa shape index (κ1) is 17.5. The highest BCUT2D eigenvalue weighted by atomic mass is 16.5. The number of nitrogens with two attached hydrogens (primary N) is 1. The van der Waals surface area contributed by atoms with Gasteiger partial charge in [-0.05, 0) is 36.4 Å². The first-order valence-corrected chi connectivity index (χ1v) is 8.33. The van der Waals surface area contributed by atoms with Gasteiger partial charge in [-0.15, -0.1) is 0 Å². The van der Waals surface area contributed by atoms with E-state index in [9.17, 15) is 4.79 Å². The third kappa shape index (κ3) is 3.85. The average molecular weight is 350 g/mol. The number of hydrogen-bond donors (Lipinski definition) is 2. The maximum Gasteiger partial charge on any atom is 0.332 e. The largest absolute Gasteiger partial charge is 0.399 e. The highest BCUT2D eigenvalue weighted by molar-refractivity contribution is 6.06. The van der Waals surface area contributed by atoms with Gasteiger partial charge in [-0.1, -0.05) is 44.1 Å². The molecule has 0 aliphatic carbocycles. The van der Waals surface area contributed by atoms with Gasteiger partial charge in [-0.2, -0.15) is 0 Å². The minimum absolute atomic E-state index is 0.188. The van der Waals surface area contributed by atoms with Crippen molar-refractivity contribution in [2.75, 3.05) is 16.0 Å². The van der Waals surface area contributed by atoms with Gasteiger partial charge >= 0.3 is 6.03 Å². The van der Waals surface area contributed by atoms with E-state index in [0.717, 1.165) is 5.69 Å². The maximum atomic E-state index is 13.0. The molecule has 0 spiro atoms. The monoisotopic (exact) mass is 350 g/mol. The Kier molecular flexibility index (Phi) is 4.67. The zero-order valence-corrected chi connectivity index (χ0v) is 15.1. The summed E-state index contributed by atoms with van der Waals surface area (Å²) in [5.41, 5.74) is 7.64. The Labute approximate surface area is 152 Å². The van der Waals surface area contributed by atoms with Crippen LogP contribution in [0.15, 0.2) is 65.2 Å². The molecule has 3 aromatic rings. The van der Waals surface area contributed by atoms with E-state index in [1.54, 1.807) is 35.2 Å². The van der Waals surface area contributed by atoms with Crippen LogP contribution in [0.3, 0.4) is 0 Å². The Hall–Kier alpha value is -3.28. The van der Waals surface area contributed by atoms with Gasteiger partial charge in [0.25, 0.3) is 0 Å². The van der Waals surface area contributed by atoms with Crippen molar-refractivity contribution in [3.63, 3.8) is 0 Å². The van der Waals surface area contributed by atoms with Crippen LogP contribution in [0.25, 0.3) is 0 Å². The maximum absolute atomic E-state index is 13.0. The third-order valence-corrected chi connectivity index (χ3v) is 3.85. The number of urea groups is 1. The summed E-state index contributed by atoms with van der Waals surface area (Å²) in [4.78, 5) is 14.5. The van der Waals surface area contributed by atoms with Gasteiger partial charge in [0, 0.05) is 17.2 Å². The molecule has 2 aromatic carbocycles. The molecule has 0 aliphatic rings. The molecule has 134 valence electrons. The lowest BCUT2D eigenvalue weighted by Crippen LogP contribution is -2.30. The van der Waals surface area contributed by atoms with Crippen molar-refractivity contribution in [3.8, 4) is 0 Å². The van der Waals surface area contributed by atoms with Crippen molar-refractivity contribution in [2.24, 2.45) is 0 Å². The zero-order chi connectivity index (χ0) is 18.7. The van der Waals surface area contributed by atoms with Crippen LogP contribution in [0.4, 0.5) is 27.7 Å². The molecule has 0 radical (unpaired) electrons. The van der Waals surface area contributed by atoms with E-state index >= 15 is 0 Å². The molecule has 0 unspecified atom stereocenters. The summed E-state index contributed by atoms with van der Waals surface area (Å²) in [6.45, 7) is 6.05. The van der Waals surface area contributed by atoms with E-state index in [2.05, 4.69) is 10.5 Å². The summed E-state index contributed by atoms with van der Waals surface area (Å²) in [6.07, 6.45) is 0. The second-order valence-corrected chi connectivity index (χ2v) is 7.02. The minimum Gasteiger partial charge on any atom is -0.399 e. The lowest BCUT2D eigenvalue weighted by atomic mass is 9.93. The molecule has 0 atom stereocenters. The number of nitrogens with one attached hydrogen (secondary N) is 1. The summed E-state index contributed by atoms with van der Waals surface area (Å²) >= 11 is 0. The lowest BCUT2D eigenvalue weighted by Gasteiger charge is -2.23. The number of benzene rings is 2. The lowest BCUT2D eigenvalue weighted by molar-refractivity contribution is 0.258. The SMILES string of the molecule is CC(C)(C)c1cc(NC(=O)N(c2ccccc2)c2ccc(N)cc2)no1. The standard InChI is InChI=1S/C20H22N4O2/c1-20(2,3)17-13-18(23-26-17)22-19(25)24(15-7-5-4-6-8-15)16-11-9-14(21)10-12-16/h4-13H,21H2,1-3H3,(H,22,23,25). The highest BCUT2D eigenvalue weighted by Gasteiger charge is 2.23. The van der Waals surface area contributed by atoms with Crippen molar-refractivity contribution in [1.29, 1.82) is 0 Å². The van der Waals surface area contributed by atoms with E-state index < -0.39 is 0 Å². The van der Waals surface area contributed by atoms with Gasteiger partial charge in [0.15, 0.2) is 5.82 Å². The fourth-order valence-electron chi connectivity index (χ4n) is 2.44. The molecule has 2 amide bonds. The Morgan fingerprint density at radius 2 is 1.65 bits per heavy atom. The summed E-state index contributed by atoms with van der Waals surface area (Å²) in [5, 5.41) is 6.75. The number of hydrogen-bond acceptors (Lipinski definition) is 4. The number of carbonyl (C=O) groups excluding carboxylic acids is 1. The van der Waals surface area contributed by atoms with Gasteiger partial charge in [0.1, 0.15) is 5.76 Å². The van der Waals surface area contributed by atoms with Crippen LogP contribution in [0.2, 0.25) is 0 Å². The number of nitrogen functional groups attached to an aromatic ring is 1. The van der Waals surface area contributed by atoms with Crippen molar-refractivity contribution in [2.45, 2.75) is 26.2 Å². The van der Waals surface area contributed by atoms with Crippen LogP contribution >= 0.6 is 0 Å². The van der Waals surface area contributed by atoms with Crippen molar-refractivity contribution < 1.29 is 9.32 Å². The fraction of sp³-hybridized carbons (Fsp3) is 0.200. The molecule has 6 heteroatoms. The molecule has 0 saturated heterocycles. The van der Waals surface area contributed by atoms with Crippen LogP contribution in [0.1, 0.15) is 26.5 Å². The smallest absolute Gasteiger partial charge is 0.332 e. The number of carbonyl (C=O) groups is 1. The van der Waals surface area contributed by atoms with E-state index in [-0.39, 0.29) is 11.4 Å². The van der Waals surface area contributed by atoms with Gasteiger partial charge in [-0.3, -0.25) is 10.2 Å². The molecular weight excluding hydrogens is 328 g/mol. The van der Waals surface area contributed by atoms with Gasteiger partial charge in [-0.25, -0.2) is 4.79 Å². The summed E-state index contributed by atoms with van der Waals surface area (Å²) < 4.78 is 5.34. The van der Waals surface area contributed by atoms with Crippen LogP contribution in [0.5, 0.6) is 0 Å². The van der Waals surface area contributed by atoms with E-state index in [1.165, 1.54) is 0 Å². The molecule has 6 nitrogen and oxygen atoms in total. The van der Waals surface area contributed by atoms with Crippen molar-refractivity contribution in [1.82, 2.24) is 5.16 Å². The molecule has 3 rings (SSSR count). The third-order valence-electron chi connectivity index (χ3n) is 3.85. The Morgan fingerprint density at radius 1 is 1.04 bits per heavy atom. The Balaban J connectivity index is 1.90. The van der Waals surface area contributed by atoms with Crippen molar-refractivity contribution >= 4 is 28.9 Å². The number of rotatable bonds is 3. The first-order chi connectivity index (χ1) is 12.3.